The Balaban J connectivity index is 2.52. The molecule has 1 fully saturated rings. The van der Waals surface area contributed by atoms with Crippen LogP contribution in [-0.2, 0) is 4.79 Å². The first-order valence-electron chi connectivity index (χ1n) is 6.49. The van der Waals surface area contributed by atoms with E-state index in [2.05, 4.69) is 0 Å². The molecule has 0 bridgehead atoms. The van der Waals surface area contributed by atoms with Gasteiger partial charge in [-0.2, -0.15) is 0 Å². The van der Waals surface area contributed by atoms with Gasteiger partial charge in [0, 0.05) is 18.2 Å². The quantitative estimate of drug-likeness (QED) is 0.633. The van der Waals surface area contributed by atoms with Gasteiger partial charge in [-0.3, -0.25) is 14.9 Å². The lowest BCUT2D eigenvalue weighted by molar-refractivity contribution is -0.384. The average Bonchev–Trinajstić information content (AvgIpc) is 2.46. The number of carboxylic acids is 1. The minimum atomic E-state index is -1.03. The van der Waals surface area contributed by atoms with Gasteiger partial charge >= 0.3 is 5.97 Å². The van der Waals surface area contributed by atoms with Gasteiger partial charge in [-0.1, -0.05) is 0 Å². The molecule has 8 heteroatoms. The molecule has 0 aromatic heterocycles. The molecule has 1 amide bonds. The lowest BCUT2D eigenvalue weighted by Gasteiger charge is -2.34. The minimum absolute atomic E-state index is 0.116. The Morgan fingerprint density at radius 1 is 1.38 bits per heavy atom. The van der Waals surface area contributed by atoms with Gasteiger partial charge in [-0.05, 0) is 31.4 Å². The Labute approximate surface area is 120 Å². The molecule has 2 rings (SSSR count). The van der Waals surface area contributed by atoms with Gasteiger partial charge < -0.3 is 15.7 Å². The van der Waals surface area contributed by atoms with Crippen molar-refractivity contribution in [3.63, 3.8) is 0 Å². The second-order valence-corrected chi connectivity index (χ2v) is 4.87. The van der Waals surface area contributed by atoms with Gasteiger partial charge in [-0.25, -0.2) is 4.79 Å². The van der Waals surface area contributed by atoms with Crippen LogP contribution in [0.25, 0.3) is 0 Å². The number of carboxylic acid groups (broad SMARTS) is 1. The smallest absolute Gasteiger partial charge is 0.326 e. The van der Waals surface area contributed by atoms with Crippen LogP contribution < -0.4 is 10.6 Å². The highest BCUT2D eigenvalue weighted by molar-refractivity contribution is 5.95. The first-order valence-corrected chi connectivity index (χ1v) is 6.49. The van der Waals surface area contributed by atoms with E-state index in [-0.39, 0.29) is 16.9 Å². The predicted octanol–water partition coefficient (Wildman–Crippen LogP) is 1.14. The number of primary amides is 1. The summed E-state index contributed by atoms with van der Waals surface area (Å²) >= 11 is 0. The topological polar surface area (TPSA) is 127 Å². The molecule has 21 heavy (non-hydrogen) atoms. The summed E-state index contributed by atoms with van der Waals surface area (Å²) in [5.41, 5.74) is 5.20. The van der Waals surface area contributed by atoms with E-state index in [0.717, 1.165) is 12.8 Å². The van der Waals surface area contributed by atoms with Crippen molar-refractivity contribution in [3.05, 3.63) is 33.9 Å². The number of piperidine rings is 1. The van der Waals surface area contributed by atoms with Gasteiger partial charge in [0.1, 0.15) is 11.7 Å². The number of carbonyl (C=O) groups is 2. The maximum absolute atomic E-state index is 11.3. The second kappa shape index (κ2) is 5.78. The van der Waals surface area contributed by atoms with Crippen LogP contribution >= 0.6 is 0 Å². The summed E-state index contributed by atoms with van der Waals surface area (Å²) in [6.07, 6.45) is 1.89. The molecule has 1 aromatic carbocycles. The molecule has 112 valence electrons. The van der Waals surface area contributed by atoms with Gasteiger partial charge in [0.2, 0.25) is 5.91 Å². The number of nitrogens with two attached hydrogens (primary N) is 1. The Bertz CT molecular complexity index is 601. The molecule has 1 atom stereocenters. The fraction of sp³-hybridized carbons (Fsp3) is 0.385. The maximum atomic E-state index is 11.3. The second-order valence-electron chi connectivity index (χ2n) is 4.87. The third kappa shape index (κ3) is 2.93. The normalized spacial score (nSPS) is 18.3. The molecule has 3 N–H and O–H groups in total. The number of carbonyl (C=O) groups excluding carboxylic acids is 1. The number of anilines is 1. The van der Waals surface area contributed by atoms with E-state index >= 15 is 0 Å². The number of hydrogen-bond acceptors (Lipinski definition) is 5. The fourth-order valence-corrected chi connectivity index (χ4v) is 2.54. The van der Waals surface area contributed by atoms with Crippen molar-refractivity contribution in [3.8, 4) is 0 Å². The monoisotopic (exact) mass is 293 g/mol. The van der Waals surface area contributed by atoms with Crippen molar-refractivity contribution in [2.75, 3.05) is 11.4 Å². The number of hydrogen-bond donors (Lipinski definition) is 2. The van der Waals surface area contributed by atoms with Crippen LogP contribution in [0.5, 0.6) is 0 Å². The SMILES string of the molecule is NC(=O)c1ccc([N+](=O)[O-])c(N2CCCCC2C(=O)O)c1. The molecule has 1 saturated heterocycles. The molecule has 1 unspecified atom stereocenters. The summed E-state index contributed by atoms with van der Waals surface area (Å²) in [6, 6.07) is 2.91. The Morgan fingerprint density at radius 2 is 2.10 bits per heavy atom. The first-order chi connectivity index (χ1) is 9.91. The highest BCUT2D eigenvalue weighted by Gasteiger charge is 2.32. The molecule has 0 aliphatic carbocycles. The number of benzene rings is 1. The van der Waals surface area contributed by atoms with Gasteiger partial charge in [0.25, 0.3) is 5.69 Å². The first kappa shape index (κ1) is 14.8. The van der Waals surface area contributed by atoms with E-state index in [9.17, 15) is 24.8 Å². The third-order valence-corrected chi connectivity index (χ3v) is 3.55. The van der Waals surface area contributed by atoms with Crippen LogP contribution in [0.15, 0.2) is 18.2 Å². The molecule has 1 aliphatic rings. The number of nitro groups is 1. The number of rotatable bonds is 4. The van der Waals surface area contributed by atoms with E-state index in [1.807, 2.05) is 0 Å². The van der Waals surface area contributed by atoms with E-state index in [1.165, 1.54) is 23.1 Å². The highest BCUT2D eigenvalue weighted by atomic mass is 16.6. The molecular weight excluding hydrogens is 278 g/mol. The molecule has 0 radical (unpaired) electrons. The summed E-state index contributed by atoms with van der Waals surface area (Å²) in [5, 5.41) is 20.4. The lowest BCUT2D eigenvalue weighted by Crippen LogP contribution is -2.45. The van der Waals surface area contributed by atoms with Crippen LogP contribution in [0, 0.1) is 10.1 Å². The van der Waals surface area contributed by atoms with Crippen molar-refractivity contribution in [1.82, 2.24) is 0 Å². The highest BCUT2D eigenvalue weighted by Crippen LogP contribution is 2.33. The lowest BCUT2D eigenvalue weighted by atomic mass is 10.00. The van der Waals surface area contributed by atoms with Gasteiger partial charge in [0.15, 0.2) is 0 Å². The zero-order valence-corrected chi connectivity index (χ0v) is 11.2. The van der Waals surface area contributed by atoms with Crippen molar-refractivity contribution in [2.24, 2.45) is 5.73 Å². The molecule has 1 heterocycles. The van der Waals surface area contributed by atoms with Gasteiger partial charge in [0.05, 0.1) is 4.92 Å². The summed E-state index contributed by atoms with van der Waals surface area (Å²) in [7, 11) is 0. The minimum Gasteiger partial charge on any atom is -0.480 e. The van der Waals surface area contributed by atoms with Crippen molar-refractivity contribution in [2.45, 2.75) is 25.3 Å². The van der Waals surface area contributed by atoms with E-state index < -0.39 is 22.8 Å². The Morgan fingerprint density at radius 3 is 2.67 bits per heavy atom. The van der Waals surface area contributed by atoms with Gasteiger partial charge in [-0.15, -0.1) is 0 Å². The molecule has 1 aliphatic heterocycles. The summed E-state index contributed by atoms with van der Waals surface area (Å²) in [6.45, 7) is 0.389. The Hall–Kier alpha value is -2.64. The standard InChI is InChI=1S/C13H15N3O5/c14-12(17)8-4-5-9(16(20)21)11(7-8)15-6-2-1-3-10(15)13(18)19/h4-5,7,10H,1-3,6H2,(H2,14,17)(H,18,19). The molecule has 0 saturated carbocycles. The van der Waals surface area contributed by atoms with E-state index in [0.29, 0.717) is 13.0 Å². The fourth-order valence-electron chi connectivity index (χ4n) is 2.54. The Kier molecular flexibility index (Phi) is 4.06. The zero-order chi connectivity index (χ0) is 15.6. The average molecular weight is 293 g/mol. The zero-order valence-electron chi connectivity index (χ0n) is 11.2. The molecule has 0 spiro atoms. The van der Waals surface area contributed by atoms with Crippen molar-refractivity contribution < 1.29 is 19.6 Å². The maximum Gasteiger partial charge on any atom is 0.326 e. The number of nitrogens with zero attached hydrogens (tertiary/aromatic N) is 2. The number of nitro benzene ring substituents is 1. The van der Waals surface area contributed by atoms with E-state index in [1.54, 1.807) is 0 Å². The number of amides is 1. The molecule has 1 aromatic rings. The van der Waals surface area contributed by atoms with E-state index in [4.69, 9.17) is 5.73 Å². The van der Waals surface area contributed by atoms with Crippen LogP contribution in [0.4, 0.5) is 11.4 Å². The largest absolute Gasteiger partial charge is 0.480 e. The van der Waals surface area contributed by atoms with Crippen LogP contribution in [0.1, 0.15) is 29.6 Å². The molecule has 8 nitrogen and oxygen atoms in total. The van der Waals surface area contributed by atoms with Crippen molar-refractivity contribution in [1.29, 1.82) is 0 Å². The van der Waals surface area contributed by atoms with Crippen LogP contribution in [0.2, 0.25) is 0 Å². The van der Waals surface area contributed by atoms with Crippen LogP contribution in [0.3, 0.4) is 0 Å². The number of aliphatic carboxylic acids is 1. The predicted molar refractivity (Wildman–Crippen MR) is 74.2 cm³/mol. The molecular formula is C13H15N3O5. The van der Waals surface area contributed by atoms with Crippen molar-refractivity contribution >= 4 is 23.3 Å². The van der Waals surface area contributed by atoms with Crippen LogP contribution in [-0.4, -0.2) is 34.5 Å². The summed E-state index contributed by atoms with van der Waals surface area (Å²) < 4.78 is 0. The summed E-state index contributed by atoms with van der Waals surface area (Å²) in [5.74, 6) is -1.75. The third-order valence-electron chi connectivity index (χ3n) is 3.55. The summed E-state index contributed by atoms with van der Waals surface area (Å²) in [4.78, 5) is 34.6.